The minimum Gasteiger partial charge on any atom is -0.450 e. The Morgan fingerprint density at radius 1 is 1.00 bits per heavy atom. The van der Waals surface area contributed by atoms with Crippen molar-refractivity contribution in [1.29, 1.82) is 0 Å². The van der Waals surface area contributed by atoms with Gasteiger partial charge in [0.05, 0.1) is 17.0 Å². The highest BCUT2D eigenvalue weighted by Gasteiger charge is 2.42. The van der Waals surface area contributed by atoms with Crippen molar-refractivity contribution >= 4 is 16.9 Å². The first kappa shape index (κ1) is 21.3. The average molecular weight is 419 g/mol. The SMILES string of the molecule is CCc1ccc2oc3c(c(=O)c2c1)C(c1ccc(C)cc1)N(CCN(CC)CC)C3=O. The summed E-state index contributed by atoms with van der Waals surface area (Å²) >= 11 is 0. The van der Waals surface area contributed by atoms with E-state index >= 15 is 0 Å². The normalized spacial score (nSPS) is 15.8. The molecule has 0 spiro atoms. The van der Waals surface area contributed by atoms with E-state index < -0.39 is 6.04 Å². The third-order valence-corrected chi connectivity index (χ3v) is 6.38. The molecule has 2 heterocycles. The zero-order valence-electron chi connectivity index (χ0n) is 18.8. The van der Waals surface area contributed by atoms with Crippen molar-refractivity contribution in [3.8, 4) is 0 Å². The zero-order valence-corrected chi connectivity index (χ0v) is 18.8. The van der Waals surface area contributed by atoms with Gasteiger partial charge in [0.15, 0.2) is 5.43 Å². The van der Waals surface area contributed by atoms with Crippen LogP contribution < -0.4 is 5.43 Å². The van der Waals surface area contributed by atoms with Gasteiger partial charge in [0.1, 0.15) is 5.58 Å². The Bertz CT molecular complexity index is 1160. The van der Waals surface area contributed by atoms with E-state index in [1.54, 1.807) is 4.90 Å². The molecule has 0 saturated carbocycles. The second kappa shape index (κ2) is 8.67. The molecular weight excluding hydrogens is 388 g/mol. The Balaban J connectivity index is 1.87. The number of likely N-dealkylation sites (N-methyl/N-ethyl adjacent to an activating group) is 1. The summed E-state index contributed by atoms with van der Waals surface area (Å²) in [7, 11) is 0. The molecule has 3 aromatic rings. The predicted octanol–water partition coefficient (Wildman–Crippen LogP) is 4.55. The molecule has 1 atom stereocenters. The van der Waals surface area contributed by atoms with Crippen LogP contribution in [0.25, 0.3) is 11.0 Å². The number of carbonyl (C=O) groups excluding carboxylic acids is 1. The van der Waals surface area contributed by atoms with Gasteiger partial charge in [-0.25, -0.2) is 0 Å². The summed E-state index contributed by atoms with van der Waals surface area (Å²) in [4.78, 5) is 31.1. The van der Waals surface area contributed by atoms with Crippen LogP contribution >= 0.6 is 0 Å². The van der Waals surface area contributed by atoms with Gasteiger partial charge in [-0.2, -0.15) is 0 Å². The van der Waals surface area contributed by atoms with Crippen LogP contribution in [0.3, 0.4) is 0 Å². The minimum atomic E-state index is -0.426. The van der Waals surface area contributed by atoms with E-state index in [1.165, 1.54) is 0 Å². The number of fused-ring (bicyclic) bond motifs is 2. The van der Waals surface area contributed by atoms with E-state index in [1.807, 2.05) is 49.4 Å². The van der Waals surface area contributed by atoms with Gasteiger partial charge in [0.25, 0.3) is 5.91 Å². The van der Waals surface area contributed by atoms with Crippen molar-refractivity contribution in [3.05, 3.63) is 80.7 Å². The van der Waals surface area contributed by atoms with Gasteiger partial charge < -0.3 is 14.2 Å². The van der Waals surface area contributed by atoms with Crippen LogP contribution in [0.15, 0.2) is 51.7 Å². The van der Waals surface area contributed by atoms with Crippen LogP contribution in [0, 0.1) is 6.92 Å². The fourth-order valence-electron chi connectivity index (χ4n) is 4.40. The lowest BCUT2D eigenvalue weighted by atomic mass is 9.97. The van der Waals surface area contributed by atoms with E-state index in [0.717, 1.165) is 42.7 Å². The molecule has 1 amide bonds. The van der Waals surface area contributed by atoms with Gasteiger partial charge in [-0.1, -0.05) is 56.7 Å². The molecule has 1 aliphatic rings. The first-order valence-electron chi connectivity index (χ1n) is 11.2. The molecule has 0 N–H and O–H groups in total. The Morgan fingerprint density at radius 2 is 1.71 bits per heavy atom. The first-order chi connectivity index (χ1) is 15.0. The molecule has 1 aliphatic heterocycles. The Hall–Kier alpha value is -2.92. The summed E-state index contributed by atoms with van der Waals surface area (Å²) in [5, 5.41) is 0.550. The average Bonchev–Trinajstić information content (AvgIpc) is 3.07. The highest BCUT2D eigenvalue weighted by molar-refractivity contribution is 5.99. The third-order valence-electron chi connectivity index (χ3n) is 6.38. The zero-order chi connectivity index (χ0) is 22.1. The molecular formula is C26H30N2O3. The molecule has 5 nitrogen and oxygen atoms in total. The number of rotatable bonds is 7. The monoisotopic (exact) mass is 418 g/mol. The maximum Gasteiger partial charge on any atom is 0.290 e. The summed E-state index contributed by atoms with van der Waals surface area (Å²) in [6.45, 7) is 11.5. The van der Waals surface area contributed by atoms with E-state index in [-0.39, 0.29) is 17.1 Å². The van der Waals surface area contributed by atoms with E-state index in [2.05, 4.69) is 25.7 Å². The van der Waals surface area contributed by atoms with Crippen molar-refractivity contribution in [2.45, 2.75) is 40.2 Å². The van der Waals surface area contributed by atoms with Crippen molar-refractivity contribution in [2.75, 3.05) is 26.2 Å². The maximum absolute atomic E-state index is 13.6. The topological polar surface area (TPSA) is 53.8 Å². The third kappa shape index (κ3) is 3.79. The quantitative estimate of drug-likeness (QED) is 0.565. The standard InChI is InChI=1S/C26H30N2O3/c1-5-18-10-13-21-20(16-18)24(29)22-23(19-11-8-17(4)9-12-19)28(26(30)25(22)31-21)15-14-27(6-2)7-3/h8-13,16,23H,5-7,14-15H2,1-4H3. The fourth-order valence-corrected chi connectivity index (χ4v) is 4.40. The molecule has 0 bridgehead atoms. The van der Waals surface area contributed by atoms with Crippen LogP contribution in [0.2, 0.25) is 0 Å². The van der Waals surface area contributed by atoms with Crippen LogP contribution in [0.1, 0.15) is 59.6 Å². The van der Waals surface area contributed by atoms with Gasteiger partial charge in [-0.3, -0.25) is 9.59 Å². The Morgan fingerprint density at radius 3 is 2.35 bits per heavy atom. The molecule has 0 aliphatic carbocycles. The molecule has 2 aromatic carbocycles. The van der Waals surface area contributed by atoms with Gasteiger partial charge >= 0.3 is 0 Å². The summed E-state index contributed by atoms with van der Waals surface area (Å²) in [5.41, 5.74) is 4.00. The highest BCUT2D eigenvalue weighted by atomic mass is 16.3. The van der Waals surface area contributed by atoms with E-state index in [0.29, 0.717) is 23.1 Å². The lowest BCUT2D eigenvalue weighted by molar-refractivity contribution is 0.0708. The van der Waals surface area contributed by atoms with Crippen molar-refractivity contribution in [1.82, 2.24) is 9.80 Å². The van der Waals surface area contributed by atoms with Gasteiger partial charge in [0.2, 0.25) is 5.76 Å². The molecule has 4 rings (SSSR count). The minimum absolute atomic E-state index is 0.101. The molecule has 0 fully saturated rings. The van der Waals surface area contributed by atoms with Crippen LogP contribution in [0.5, 0.6) is 0 Å². The molecule has 5 heteroatoms. The molecule has 1 aromatic heterocycles. The predicted molar refractivity (Wildman–Crippen MR) is 124 cm³/mol. The molecule has 1 unspecified atom stereocenters. The summed E-state index contributed by atoms with van der Waals surface area (Å²) in [6.07, 6.45) is 0.836. The van der Waals surface area contributed by atoms with Gasteiger partial charge in [0, 0.05) is 13.1 Å². The second-order valence-corrected chi connectivity index (χ2v) is 8.20. The lowest BCUT2D eigenvalue weighted by Gasteiger charge is -2.28. The Kier molecular flexibility index (Phi) is 5.96. The largest absolute Gasteiger partial charge is 0.450 e. The number of nitrogens with zero attached hydrogens (tertiary/aromatic N) is 2. The number of carbonyl (C=O) groups is 1. The van der Waals surface area contributed by atoms with Gasteiger partial charge in [-0.15, -0.1) is 0 Å². The first-order valence-corrected chi connectivity index (χ1v) is 11.2. The number of hydrogen-bond acceptors (Lipinski definition) is 4. The van der Waals surface area contributed by atoms with Crippen molar-refractivity contribution in [3.63, 3.8) is 0 Å². The number of benzene rings is 2. The van der Waals surface area contributed by atoms with Gasteiger partial charge in [-0.05, 0) is 49.7 Å². The lowest BCUT2D eigenvalue weighted by Crippen LogP contribution is -2.37. The molecule has 0 saturated heterocycles. The summed E-state index contributed by atoms with van der Waals surface area (Å²) < 4.78 is 6.06. The second-order valence-electron chi connectivity index (χ2n) is 8.20. The highest BCUT2D eigenvalue weighted by Crippen LogP contribution is 2.38. The maximum atomic E-state index is 13.6. The Labute approximate surface area is 183 Å². The van der Waals surface area contributed by atoms with E-state index in [9.17, 15) is 9.59 Å². The number of aryl methyl sites for hydroxylation is 2. The molecule has 0 radical (unpaired) electrons. The summed E-state index contributed by atoms with van der Waals surface area (Å²) in [5.74, 6) is -0.0156. The van der Waals surface area contributed by atoms with Crippen molar-refractivity contribution in [2.24, 2.45) is 0 Å². The van der Waals surface area contributed by atoms with Crippen LogP contribution in [0.4, 0.5) is 0 Å². The fraction of sp³-hybridized carbons (Fsp3) is 0.385. The molecule has 162 valence electrons. The smallest absolute Gasteiger partial charge is 0.290 e. The van der Waals surface area contributed by atoms with Crippen LogP contribution in [-0.2, 0) is 6.42 Å². The van der Waals surface area contributed by atoms with Crippen molar-refractivity contribution < 1.29 is 9.21 Å². The number of amides is 1. The summed E-state index contributed by atoms with van der Waals surface area (Å²) in [6, 6.07) is 13.3. The van der Waals surface area contributed by atoms with E-state index in [4.69, 9.17) is 4.42 Å². The molecule has 31 heavy (non-hydrogen) atoms. The van der Waals surface area contributed by atoms with Crippen LogP contribution in [-0.4, -0.2) is 41.9 Å². The number of hydrogen-bond donors (Lipinski definition) is 0.